The van der Waals surface area contributed by atoms with Gasteiger partial charge >= 0.3 is 0 Å². The molecule has 1 aromatic carbocycles. The predicted molar refractivity (Wildman–Crippen MR) is 98.6 cm³/mol. The Hall–Kier alpha value is -0.940. The number of benzene rings is 1. The van der Waals surface area contributed by atoms with Crippen molar-refractivity contribution in [1.29, 1.82) is 0 Å². The third-order valence-corrected chi connectivity index (χ3v) is 4.62. The van der Waals surface area contributed by atoms with E-state index in [4.69, 9.17) is 4.84 Å². The van der Waals surface area contributed by atoms with Crippen LogP contribution < -0.4 is 0 Å². The summed E-state index contributed by atoms with van der Waals surface area (Å²) >= 11 is 0. The molecule has 0 saturated carbocycles. The summed E-state index contributed by atoms with van der Waals surface area (Å²) in [6.07, 6.45) is 3.94. The van der Waals surface area contributed by atoms with E-state index in [2.05, 4.69) is 6.92 Å². The highest BCUT2D eigenvalue weighted by Crippen LogP contribution is 2.33. The van der Waals surface area contributed by atoms with Gasteiger partial charge < -0.3 is 10.2 Å². The van der Waals surface area contributed by atoms with Crippen molar-refractivity contribution in [1.82, 2.24) is 5.06 Å². The van der Waals surface area contributed by atoms with Crippen LogP contribution in [0.5, 0.6) is 0 Å². The Kier molecular flexibility index (Phi) is 8.37. The summed E-state index contributed by atoms with van der Waals surface area (Å²) in [5.41, 5.74) is -0.0536. The number of aliphatic hydroxyl groups excluding tert-OH is 2. The molecule has 0 aliphatic rings. The average Bonchev–Trinajstić information content (AvgIpc) is 2.60. The maximum absolute atomic E-state index is 10.1. The van der Waals surface area contributed by atoms with Crippen molar-refractivity contribution in [2.45, 2.75) is 77.5 Å². The molecule has 0 radical (unpaired) electrons. The number of rotatable bonds is 11. The summed E-state index contributed by atoms with van der Waals surface area (Å²) in [5, 5.41) is 21.8. The molecule has 4 heteroatoms. The number of hydrogen-bond acceptors (Lipinski definition) is 4. The summed E-state index contributed by atoms with van der Waals surface area (Å²) in [4.78, 5) is 6.29. The molecule has 0 fully saturated rings. The van der Waals surface area contributed by atoms with E-state index in [0.717, 1.165) is 31.2 Å². The van der Waals surface area contributed by atoms with Gasteiger partial charge in [0, 0.05) is 0 Å². The first-order valence-electron chi connectivity index (χ1n) is 9.04. The number of nitrogens with zero attached hydrogens (tertiary/aromatic N) is 1. The molecule has 0 saturated heterocycles. The van der Waals surface area contributed by atoms with Crippen LogP contribution in [0.4, 0.5) is 0 Å². The van der Waals surface area contributed by atoms with Crippen molar-refractivity contribution in [3.05, 3.63) is 35.9 Å². The van der Waals surface area contributed by atoms with Gasteiger partial charge in [0.05, 0.1) is 24.3 Å². The van der Waals surface area contributed by atoms with Crippen LogP contribution in [0.3, 0.4) is 0 Å². The van der Waals surface area contributed by atoms with Crippen LogP contribution in [0, 0.1) is 0 Å². The van der Waals surface area contributed by atoms with Crippen molar-refractivity contribution < 1.29 is 15.1 Å². The van der Waals surface area contributed by atoms with Crippen molar-refractivity contribution in [3.8, 4) is 0 Å². The molecule has 0 aliphatic heterocycles. The lowest BCUT2D eigenvalue weighted by molar-refractivity contribution is -0.306. The Morgan fingerprint density at radius 2 is 1.67 bits per heavy atom. The molecule has 24 heavy (non-hydrogen) atoms. The summed E-state index contributed by atoms with van der Waals surface area (Å²) < 4.78 is 0. The van der Waals surface area contributed by atoms with Crippen molar-refractivity contribution in [3.63, 3.8) is 0 Å². The van der Waals surface area contributed by atoms with Crippen LogP contribution in [0.1, 0.15) is 72.0 Å². The zero-order valence-corrected chi connectivity index (χ0v) is 16.0. The Labute approximate surface area is 147 Å². The van der Waals surface area contributed by atoms with Gasteiger partial charge in [-0.05, 0) is 39.7 Å². The molecule has 0 spiro atoms. The molecule has 138 valence electrons. The average molecular weight is 338 g/mol. The first-order chi connectivity index (χ1) is 11.3. The van der Waals surface area contributed by atoms with Gasteiger partial charge in [-0.25, -0.2) is 0 Å². The fraction of sp³-hybridized carbons (Fsp3) is 0.700. The largest absolute Gasteiger partial charge is 0.394 e. The molecule has 2 atom stereocenters. The SMILES string of the molecule is CCCCCC(C)(CO)N(OC(C)c1ccccc1)C(C)(C)CO. The Morgan fingerprint density at radius 1 is 1.04 bits per heavy atom. The first kappa shape index (κ1) is 21.1. The van der Waals surface area contributed by atoms with Crippen LogP contribution in [0.15, 0.2) is 30.3 Å². The molecular weight excluding hydrogens is 302 g/mol. The van der Waals surface area contributed by atoms with Crippen molar-refractivity contribution in [2.24, 2.45) is 0 Å². The minimum absolute atomic E-state index is 0.0122. The minimum atomic E-state index is -0.591. The molecule has 2 unspecified atom stereocenters. The Morgan fingerprint density at radius 3 is 2.17 bits per heavy atom. The van der Waals surface area contributed by atoms with E-state index in [0.29, 0.717) is 0 Å². The number of unbranched alkanes of at least 4 members (excludes halogenated alkanes) is 2. The number of hydrogen-bond donors (Lipinski definition) is 2. The van der Waals surface area contributed by atoms with Crippen LogP contribution in [0.25, 0.3) is 0 Å². The molecule has 0 aliphatic carbocycles. The monoisotopic (exact) mass is 337 g/mol. The molecule has 4 nitrogen and oxygen atoms in total. The summed E-state index contributed by atoms with van der Waals surface area (Å²) in [6, 6.07) is 10.0. The summed E-state index contributed by atoms with van der Waals surface area (Å²) in [7, 11) is 0. The Balaban J connectivity index is 3.02. The van der Waals surface area contributed by atoms with Gasteiger partial charge in [0.1, 0.15) is 6.10 Å². The molecular formula is C20H35NO3. The number of aliphatic hydroxyl groups is 2. The fourth-order valence-electron chi connectivity index (χ4n) is 3.01. The quantitative estimate of drug-likeness (QED) is 0.472. The second-order valence-electron chi connectivity index (χ2n) is 7.54. The molecule has 0 bridgehead atoms. The lowest BCUT2D eigenvalue weighted by atomic mass is 9.90. The third-order valence-electron chi connectivity index (χ3n) is 4.62. The second kappa shape index (κ2) is 9.52. The van der Waals surface area contributed by atoms with Gasteiger partial charge in [-0.2, -0.15) is 5.06 Å². The highest BCUT2D eigenvalue weighted by Gasteiger charge is 2.42. The lowest BCUT2D eigenvalue weighted by Crippen LogP contribution is -2.60. The smallest absolute Gasteiger partial charge is 0.102 e. The van der Waals surface area contributed by atoms with Crippen LogP contribution in [0.2, 0.25) is 0 Å². The van der Waals surface area contributed by atoms with Gasteiger partial charge in [0.25, 0.3) is 0 Å². The standard InChI is InChI=1S/C20H35NO3/c1-6-7-11-14-20(5,16-23)21(19(3,4)15-22)24-17(2)18-12-9-8-10-13-18/h8-10,12-13,17,22-23H,6-7,11,14-16H2,1-5H3. The summed E-state index contributed by atoms with van der Waals surface area (Å²) in [5.74, 6) is 0. The van der Waals surface area contributed by atoms with E-state index < -0.39 is 11.1 Å². The van der Waals surface area contributed by atoms with Gasteiger partial charge in [-0.3, -0.25) is 4.84 Å². The maximum Gasteiger partial charge on any atom is 0.102 e. The topological polar surface area (TPSA) is 52.9 Å². The second-order valence-corrected chi connectivity index (χ2v) is 7.54. The van der Waals surface area contributed by atoms with Gasteiger partial charge in [-0.1, -0.05) is 56.5 Å². The molecule has 1 rings (SSSR count). The predicted octanol–water partition coefficient (Wildman–Crippen LogP) is 4.08. The van der Waals surface area contributed by atoms with E-state index in [1.54, 1.807) is 0 Å². The summed E-state index contributed by atoms with van der Waals surface area (Å²) in [6.45, 7) is 10.0. The van der Waals surface area contributed by atoms with Gasteiger partial charge in [0.2, 0.25) is 0 Å². The van der Waals surface area contributed by atoms with Crippen LogP contribution in [-0.4, -0.2) is 39.6 Å². The van der Waals surface area contributed by atoms with Crippen LogP contribution in [-0.2, 0) is 4.84 Å². The van der Waals surface area contributed by atoms with Crippen LogP contribution >= 0.6 is 0 Å². The Bertz CT molecular complexity index is 463. The minimum Gasteiger partial charge on any atom is -0.394 e. The van der Waals surface area contributed by atoms with E-state index in [-0.39, 0.29) is 19.3 Å². The zero-order chi connectivity index (χ0) is 18.2. The first-order valence-corrected chi connectivity index (χ1v) is 9.04. The van der Waals surface area contributed by atoms with E-state index in [9.17, 15) is 10.2 Å². The van der Waals surface area contributed by atoms with E-state index in [1.807, 2.05) is 63.1 Å². The van der Waals surface area contributed by atoms with Gasteiger partial charge in [-0.15, -0.1) is 0 Å². The highest BCUT2D eigenvalue weighted by molar-refractivity contribution is 5.16. The van der Waals surface area contributed by atoms with Crippen molar-refractivity contribution >= 4 is 0 Å². The lowest BCUT2D eigenvalue weighted by Gasteiger charge is -2.48. The maximum atomic E-state index is 10.1. The zero-order valence-electron chi connectivity index (χ0n) is 16.0. The molecule has 0 aromatic heterocycles. The normalized spacial score (nSPS) is 16.2. The molecule has 0 heterocycles. The van der Waals surface area contributed by atoms with Gasteiger partial charge in [0.15, 0.2) is 0 Å². The third kappa shape index (κ3) is 5.55. The number of hydroxylamine groups is 2. The van der Waals surface area contributed by atoms with Crippen molar-refractivity contribution in [2.75, 3.05) is 13.2 Å². The van der Waals surface area contributed by atoms with E-state index >= 15 is 0 Å². The highest BCUT2D eigenvalue weighted by atomic mass is 16.7. The molecule has 2 N–H and O–H groups in total. The molecule has 1 aromatic rings. The molecule has 0 amide bonds. The fourth-order valence-corrected chi connectivity index (χ4v) is 3.01. The van der Waals surface area contributed by atoms with E-state index in [1.165, 1.54) is 0 Å².